The predicted octanol–water partition coefficient (Wildman–Crippen LogP) is 3.01. The number of carbonyl (C=O) groups is 1. The fourth-order valence-corrected chi connectivity index (χ4v) is 3.16. The van der Waals surface area contributed by atoms with Crippen molar-refractivity contribution in [1.82, 2.24) is 15.3 Å². The first-order valence-corrected chi connectivity index (χ1v) is 8.85. The van der Waals surface area contributed by atoms with Crippen LogP contribution < -0.4 is 20.7 Å². The number of urea groups is 1. The second-order valence-electron chi connectivity index (χ2n) is 5.72. The largest absolute Gasteiger partial charge is 0.473 e. The highest BCUT2D eigenvalue weighted by molar-refractivity contribution is 7.09. The van der Waals surface area contributed by atoms with Crippen LogP contribution in [0.1, 0.15) is 24.8 Å². The molecule has 1 aliphatic heterocycles. The van der Waals surface area contributed by atoms with Crippen molar-refractivity contribution in [2.24, 2.45) is 0 Å². The van der Waals surface area contributed by atoms with Gasteiger partial charge in [-0.15, -0.1) is 11.3 Å². The van der Waals surface area contributed by atoms with Gasteiger partial charge >= 0.3 is 6.03 Å². The lowest BCUT2D eigenvalue weighted by Gasteiger charge is -2.20. The zero-order valence-electron chi connectivity index (χ0n) is 13.7. The van der Waals surface area contributed by atoms with Gasteiger partial charge in [-0.2, -0.15) is 4.98 Å². The summed E-state index contributed by atoms with van der Waals surface area (Å²) >= 11 is 1.48. The Kier molecular flexibility index (Phi) is 5.27. The second-order valence-corrected chi connectivity index (χ2v) is 6.78. The van der Waals surface area contributed by atoms with Gasteiger partial charge in [-0.05, 0) is 39.3 Å². The quantitative estimate of drug-likeness (QED) is 0.774. The third kappa shape index (κ3) is 4.42. The third-order valence-electron chi connectivity index (χ3n) is 3.80. The zero-order valence-corrected chi connectivity index (χ0v) is 14.5. The molecule has 0 spiro atoms. The number of thiazole rings is 1. The highest BCUT2D eigenvalue weighted by atomic mass is 32.1. The van der Waals surface area contributed by atoms with E-state index in [0.29, 0.717) is 23.6 Å². The Bertz CT molecular complexity index is 699. The Morgan fingerprint density at radius 1 is 1.38 bits per heavy atom. The number of carbonyl (C=O) groups excluding carboxylic acids is 1. The molecule has 24 heavy (non-hydrogen) atoms. The van der Waals surface area contributed by atoms with Crippen LogP contribution in [0, 0.1) is 6.92 Å². The van der Waals surface area contributed by atoms with Crippen LogP contribution in [-0.4, -0.2) is 34.7 Å². The molecule has 2 atom stereocenters. The molecule has 2 amide bonds. The van der Waals surface area contributed by atoms with E-state index < -0.39 is 0 Å². The maximum Gasteiger partial charge on any atom is 0.326 e. The van der Waals surface area contributed by atoms with Crippen LogP contribution >= 0.6 is 11.3 Å². The monoisotopic (exact) mass is 347 g/mol. The molecule has 2 aromatic rings. The molecule has 0 bridgehead atoms. The Morgan fingerprint density at radius 2 is 2.21 bits per heavy atom. The molecule has 3 heterocycles. The van der Waals surface area contributed by atoms with Gasteiger partial charge < -0.3 is 10.1 Å². The Labute approximate surface area is 144 Å². The van der Waals surface area contributed by atoms with E-state index in [2.05, 4.69) is 25.9 Å². The summed E-state index contributed by atoms with van der Waals surface area (Å²) in [5.74, 6) is 1.46. The van der Waals surface area contributed by atoms with Crippen molar-refractivity contribution in [2.75, 3.05) is 17.2 Å². The minimum absolute atomic E-state index is 0.0297. The van der Waals surface area contributed by atoms with Gasteiger partial charge in [-0.3, -0.25) is 10.6 Å². The van der Waals surface area contributed by atoms with Crippen LogP contribution in [0.15, 0.2) is 23.6 Å². The van der Waals surface area contributed by atoms with Gasteiger partial charge in [0.1, 0.15) is 17.7 Å². The topological polar surface area (TPSA) is 88.2 Å². The molecule has 0 aliphatic carbocycles. The number of anilines is 2. The lowest BCUT2D eigenvalue weighted by molar-refractivity contribution is 0.173. The number of ether oxygens (including phenoxy) is 1. The smallest absolute Gasteiger partial charge is 0.326 e. The fraction of sp³-hybridized carbons (Fsp3) is 0.438. The molecule has 0 radical (unpaired) electrons. The standard InChI is InChI=1S/C16H21N5O2S/c1-10(12-5-4-8-17-12)23-15-7-3-6-13(19-15)20-16(22)21-14-9-24-11(2)18-14/h3,6-7,9-10,12,17H,4-5,8H2,1-2H3,(H2,19,20,21,22). The number of pyridine rings is 1. The van der Waals surface area contributed by atoms with Crippen molar-refractivity contribution in [3.05, 3.63) is 28.6 Å². The van der Waals surface area contributed by atoms with E-state index in [1.165, 1.54) is 17.8 Å². The van der Waals surface area contributed by atoms with Gasteiger partial charge in [-0.25, -0.2) is 9.78 Å². The molecule has 128 valence electrons. The van der Waals surface area contributed by atoms with Crippen LogP contribution in [0.3, 0.4) is 0 Å². The number of hydrogen-bond acceptors (Lipinski definition) is 6. The number of nitrogens with one attached hydrogen (secondary N) is 3. The summed E-state index contributed by atoms with van der Waals surface area (Å²) in [6.07, 6.45) is 2.31. The van der Waals surface area contributed by atoms with Crippen molar-refractivity contribution >= 4 is 29.0 Å². The molecule has 1 saturated heterocycles. The maximum absolute atomic E-state index is 12.0. The average molecular weight is 347 g/mol. The lowest BCUT2D eigenvalue weighted by atomic mass is 10.1. The molecule has 1 fully saturated rings. The highest BCUT2D eigenvalue weighted by Gasteiger charge is 2.22. The number of aryl methyl sites for hydroxylation is 1. The van der Waals surface area contributed by atoms with Gasteiger partial charge in [-0.1, -0.05) is 6.07 Å². The van der Waals surface area contributed by atoms with E-state index in [4.69, 9.17) is 4.74 Å². The van der Waals surface area contributed by atoms with Gasteiger partial charge in [0.2, 0.25) is 5.88 Å². The van der Waals surface area contributed by atoms with Gasteiger partial charge in [0, 0.05) is 17.5 Å². The Balaban J connectivity index is 1.57. The van der Waals surface area contributed by atoms with Crippen molar-refractivity contribution in [2.45, 2.75) is 38.8 Å². The summed E-state index contributed by atoms with van der Waals surface area (Å²) in [6.45, 7) is 4.95. The first kappa shape index (κ1) is 16.7. The second kappa shape index (κ2) is 7.59. The first-order valence-electron chi connectivity index (χ1n) is 7.97. The van der Waals surface area contributed by atoms with Gasteiger partial charge in [0.15, 0.2) is 0 Å². The molecule has 2 aromatic heterocycles. The van der Waals surface area contributed by atoms with Crippen molar-refractivity contribution < 1.29 is 9.53 Å². The van der Waals surface area contributed by atoms with E-state index >= 15 is 0 Å². The number of hydrogen-bond donors (Lipinski definition) is 3. The predicted molar refractivity (Wildman–Crippen MR) is 94.8 cm³/mol. The molecule has 3 N–H and O–H groups in total. The molecule has 0 aromatic carbocycles. The van der Waals surface area contributed by atoms with E-state index in [0.717, 1.165) is 18.0 Å². The van der Waals surface area contributed by atoms with Crippen LogP contribution in [0.5, 0.6) is 5.88 Å². The van der Waals surface area contributed by atoms with Gasteiger partial charge in [0.05, 0.1) is 5.01 Å². The summed E-state index contributed by atoms with van der Waals surface area (Å²) in [5.41, 5.74) is 0. The zero-order chi connectivity index (χ0) is 16.9. The van der Waals surface area contributed by atoms with E-state index in [1.54, 1.807) is 23.6 Å². The van der Waals surface area contributed by atoms with Crippen LogP contribution in [0.4, 0.5) is 16.4 Å². The Hall–Kier alpha value is -2.19. The van der Waals surface area contributed by atoms with Crippen LogP contribution in [0.25, 0.3) is 0 Å². The first-order chi connectivity index (χ1) is 11.6. The van der Waals surface area contributed by atoms with Crippen molar-refractivity contribution in [1.29, 1.82) is 0 Å². The number of amides is 2. The SMILES string of the molecule is Cc1nc(NC(=O)Nc2cccc(OC(C)C3CCCN3)n2)cs1. The summed E-state index contributed by atoms with van der Waals surface area (Å²) in [5, 5.41) is 11.5. The van der Waals surface area contributed by atoms with Crippen LogP contribution in [-0.2, 0) is 0 Å². The molecule has 8 heteroatoms. The summed E-state index contributed by atoms with van der Waals surface area (Å²) in [7, 11) is 0. The van der Waals surface area contributed by atoms with Gasteiger partial charge in [0.25, 0.3) is 0 Å². The molecule has 3 rings (SSSR count). The molecule has 0 saturated carbocycles. The summed E-state index contributed by atoms with van der Waals surface area (Å²) < 4.78 is 5.89. The number of nitrogens with zero attached hydrogens (tertiary/aromatic N) is 2. The average Bonchev–Trinajstić information content (AvgIpc) is 3.19. The van der Waals surface area contributed by atoms with Crippen molar-refractivity contribution in [3.8, 4) is 5.88 Å². The number of aromatic nitrogens is 2. The minimum Gasteiger partial charge on any atom is -0.473 e. The maximum atomic E-state index is 12.0. The van der Waals surface area contributed by atoms with Crippen molar-refractivity contribution in [3.63, 3.8) is 0 Å². The number of rotatable bonds is 5. The van der Waals surface area contributed by atoms with E-state index in [-0.39, 0.29) is 12.1 Å². The molecule has 7 nitrogen and oxygen atoms in total. The van der Waals surface area contributed by atoms with E-state index in [9.17, 15) is 4.79 Å². The highest BCUT2D eigenvalue weighted by Crippen LogP contribution is 2.18. The Morgan fingerprint density at radius 3 is 2.92 bits per heavy atom. The molecular weight excluding hydrogens is 326 g/mol. The summed E-state index contributed by atoms with van der Waals surface area (Å²) in [6, 6.07) is 5.28. The normalized spacial score (nSPS) is 18.2. The molecule has 1 aliphatic rings. The third-order valence-corrected chi connectivity index (χ3v) is 4.57. The molecular formula is C16H21N5O2S. The fourth-order valence-electron chi connectivity index (χ4n) is 2.62. The molecule has 2 unspecified atom stereocenters. The lowest BCUT2D eigenvalue weighted by Crippen LogP contribution is -2.36. The van der Waals surface area contributed by atoms with E-state index in [1.807, 2.05) is 13.8 Å². The van der Waals surface area contributed by atoms with Crippen LogP contribution in [0.2, 0.25) is 0 Å². The summed E-state index contributed by atoms with van der Waals surface area (Å²) in [4.78, 5) is 20.5. The minimum atomic E-state index is -0.379.